The van der Waals surface area contributed by atoms with E-state index in [0.29, 0.717) is 15.8 Å². The van der Waals surface area contributed by atoms with Crippen LogP contribution in [0.5, 0.6) is 5.75 Å². The number of hydrogen-bond acceptors (Lipinski definition) is 2. The van der Waals surface area contributed by atoms with E-state index in [1.165, 1.54) is 6.92 Å². The second-order valence-corrected chi connectivity index (χ2v) is 4.20. The van der Waals surface area contributed by atoms with Crippen LogP contribution in [0, 0.1) is 0 Å². The molecule has 0 aliphatic heterocycles. The van der Waals surface area contributed by atoms with Crippen molar-refractivity contribution in [3.63, 3.8) is 0 Å². The third-order valence-corrected chi connectivity index (χ3v) is 3.08. The van der Waals surface area contributed by atoms with Gasteiger partial charge in [0.05, 0.1) is 0 Å². The van der Waals surface area contributed by atoms with Gasteiger partial charge in [0.2, 0.25) is 6.86 Å². The summed E-state index contributed by atoms with van der Waals surface area (Å²) in [7, 11) is 0. The number of Topliss-reactive ketones (excluding diaryl/α,β-unsaturated/α-hetero) is 1. The zero-order valence-electron chi connectivity index (χ0n) is 7.97. The van der Waals surface area contributed by atoms with Gasteiger partial charge in [-0.15, -0.1) is 11.6 Å². The maximum absolute atomic E-state index is 11.9. The fourth-order valence-electron chi connectivity index (χ4n) is 1.09. The molecule has 0 saturated carbocycles. The molecule has 1 unspecified atom stereocenters. The molecule has 1 aromatic rings. The summed E-state index contributed by atoms with van der Waals surface area (Å²) in [5, 5.41) is -0.748. The van der Waals surface area contributed by atoms with E-state index in [4.69, 9.17) is 11.6 Å². The van der Waals surface area contributed by atoms with E-state index < -0.39 is 12.2 Å². The number of ketones is 1. The molecule has 0 aromatic heterocycles. The molecule has 15 heavy (non-hydrogen) atoms. The van der Waals surface area contributed by atoms with Crippen molar-refractivity contribution in [2.75, 3.05) is 6.86 Å². The Morgan fingerprint density at radius 3 is 2.87 bits per heavy atom. The van der Waals surface area contributed by atoms with E-state index in [9.17, 15) is 9.18 Å². The molecule has 82 valence electrons. The summed E-state index contributed by atoms with van der Waals surface area (Å²) in [6.07, 6.45) is 0. The quantitative estimate of drug-likeness (QED) is 0.793. The monoisotopic (exact) mass is 294 g/mol. The molecule has 0 N–H and O–H groups in total. The lowest BCUT2D eigenvalue weighted by Gasteiger charge is -2.10. The van der Waals surface area contributed by atoms with E-state index in [-0.39, 0.29) is 5.78 Å². The average molecular weight is 296 g/mol. The summed E-state index contributed by atoms with van der Waals surface area (Å²) in [5.74, 6) is 0.178. The average Bonchev–Trinajstić information content (AvgIpc) is 2.20. The van der Waals surface area contributed by atoms with Crippen molar-refractivity contribution < 1.29 is 13.9 Å². The van der Waals surface area contributed by atoms with Gasteiger partial charge in [0.15, 0.2) is 5.78 Å². The highest BCUT2D eigenvalue weighted by Crippen LogP contribution is 2.32. The van der Waals surface area contributed by atoms with Gasteiger partial charge in [0.25, 0.3) is 0 Å². The Balaban J connectivity index is 3.04. The van der Waals surface area contributed by atoms with Gasteiger partial charge in [0.1, 0.15) is 11.1 Å². The van der Waals surface area contributed by atoms with Crippen molar-refractivity contribution in [2.45, 2.75) is 12.3 Å². The molecule has 1 atom stereocenters. The predicted octanol–water partition coefficient (Wildman–Crippen LogP) is 3.62. The van der Waals surface area contributed by atoms with Gasteiger partial charge in [-0.1, -0.05) is 15.9 Å². The number of carbonyl (C=O) groups is 1. The lowest BCUT2D eigenvalue weighted by Crippen LogP contribution is -2.03. The van der Waals surface area contributed by atoms with Crippen LogP contribution in [-0.4, -0.2) is 12.6 Å². The second-order valence-electron chi connectivity index (χ2n) is 2.91. The van der Waals surface area contributed by atoms with E-state index in [0.717, 1.165) is 0 Å². The Labute approximate surface area is 101 Å². The Kier molecular flexibility index (Phi) is 4.54. The zero-order valence-corrected chi connectivity index (χ0v) is 10.3. The maximum Gasteiger partial charge on any atom is 0.228 e. The van der Waals surface area contributed by atoms with Crippen LogP contribution in [0.2, 0.25) is 0 Å². The predicted molar refractivity (Wildman–Crippen MR) is 60.0 cm³/mol. The number of halogens is 3. The highest BCUT2D eigenvalue weighted by atomic mass is 79.9. The SMILES string of the molecule is CC(=O)C(Cl)c1cc(OCF)ccc1Br. The smallest absolute Gasteiger partial charge is 0.228 e. The lowest BCUT2D eigenvalue weighted by molar-refractivity contribution is -0.116. The normalized spacial score (nSPS) is 12.3. The van der Waals surface area contributed by atoms with Crippen molar-refractivity contribution in [2.24, 2.45) is 0 Å². The summed E-state index contributed by atoms with van der Waals surface area (Å²) < 4.78 is 17.3. The molecule has 0 heterocycles. The molecule has 5 heteroatoms. The van der Waals surface area contributed by atoms with E-state index >= 15 is 0 Å². The largest absolute Gasteiger partial charge is 0.463 e. The lowest BCUT2D eigenvalue weighted by atomic mass is 10.1. The molecule has 0 bridgehead atoms. The van der Waals surface area contributed by atoms with E-state index in [1.54, 1.807) is 18.2 Å². The van der Waals surface area contributed by atoms with E-state index in [1.807, 2.05) is 0 Å². The highest BCUT2D eigenvalue weighted by Gasteiger charge is 2.16. The number of ether oxygens (including phenoxy) is 1. The number of hydrogen-bond donors (Lipinski definition) is 0. The minimum atomic E-state index is -0.909. The number of benzene rings is 1. The Bertz CT molecular complexity index is 370. The minimum absolute atomic E-state index is 0.172. The van der Waals surface area contributed by atoms with Gasteiger partial charge in [-0.05, 0) is 30.7 Å². The summed E-state index contributed by atoms with van der Waals surface area (Å²) in [6, 6.07) is 4.80. The molecular formula is C10H9BrClFO2. The van der Waals surface area contributed by atoms with Crippen LogP contribution < -0.4 is 4.74 Å². The fraction of sp³-hybridized carbons (Fsp3) is 0.300. The van der Waals surface area contributed by atoms with Crippen LogP contribution in [0.4, 0.5) is 4.39 Å². The van der Waals surface area contributed by atoms with Gasteiger partial charge in [-0.3, -0.25) is 4.79 Å². The molecule has 0 fully saturated rings. The number of alkyl halides is 2. The summed E-state index contributed by atoms with van der Waals surface area (Å²) >= 11 is 9.15. The number of carbonyl (C=O) groups excluding carboxylic acids is 1. The number of rotatable bonds is 4. The molecule has 0 radical (unpaired) electrons. The standard InChI is InChI=1S/C10H9BrClFO2/c1-6(14)10(12)8-4-7(15-5-13)2-3-9(8)11/h2-4,10H,5H2,1H3. The van der Waals surface area contributed by atoms with Crippen molar-refractivity contribution in [3.05, 3.63) is 28.2 Å². The van der Waals surface area contributed by atoms with Gasteiger partial charge in [0, 0.05) is 4.47 Å². The van der Waals surface area contributed by atoms with Crippen molar-refractivity contribution in [1.29, 1.82) is 0 Å². The van der Waals surface area contributed by atoms with Crippen LogP contribution in [0.1, 0.15) is 17.9 Å². The summed E-state index contributed by atoms with van der Waals surface area (Å²) in [4.78, 5) is 11.1. The first-order valence-electron chi connectivity index (χ1n) is 4.19. The van der Waals surface area contributed by atoms with Gasteiger partial charge in [-0.2, -0.15) is 0 Å². The van der Waals surface area contributed by atoms with Gasteiger partial charge < -0.3 is 4.74 Å². The first-order chi connectivity index (χ1) is 7.06. The van der Waals surface area contributed by atoms with Crippen LogP contribution in [-0.2, 0) is 4.79 Å². The molecular weight excluding hydrogens is 286 g/mol. The Hall–Kier alpha value is -0.610. The Morgan fingerprint density at radius 2 is 2.33 bits per heavy atom. The van der Waals surface area contributed by atoms with Gasteiger partial charge in [-0.25, -0.2) is 4.39 Å². The molecule has 1 aromatic carbocycles. The Morgan fingerprint density at radius 1 is 1.67 bits per heavy atom. The third-order valence-electron chi connectivity index (χ3n) is 1.82. The molecule has 0 aliphatic rings. The molecule has 0 aliphatic carbocycles. The fourth-order valence-corrected chi connectivity index (χ4v) is 1.88. The van der Waals surface area contributed by atoms with Crippen LogP contribution in [0.3, 0.4) is 0 Å². The van der Waals surface area contributed by atoms with Crippen LogP contribution >= 0.6 is 27.5 Å². The second kappa shape index (κ2) is 5.47. The van der Waals surface area contributed by atoms with Crippen molar-refractivity contribution >= 4 is 33.3 Å². The summed E-state index contributed by atoms with van der Waals surface area (Å²) in [6.45, 7) is 0.487. The topological polar surface area (TPSA) is 26.3 Å². The van der Waals surface area contributed by atoms with Crippen LogP contribution in [0.25, 0.3) is 0 Å². The maximum atomic E-state index is 11.9. The third kappa shape index (κ3) is 3.18. The first-order valence-corrected chi connectivity index (χ1v) is 5.42. The van der Waals surface area contributed by atoms with Crippen molar-refractivity contribution in [3.8, 4) is 5.75 Å². The molecule has 1 rings (SSSR count). The highest BCUT2D eigenvalue weighted by molar-refractivity contribution is 9.10. The minimum Gasteiger partial charge on any atom is -0.463 e. The summed E-state index contributed by atoms with van der Waals surface area (Å²) in [5.41, 5.74) is 0.579. The molecule has 0 amide bonds. The van der Waals surface area contributed by atoms with Crippen molar-refractivity contribution in [1.82, 2.24) is 0 Å². The zero-order chi connectivity index (χ0) is 11.4. The van der Waals surface area contributed by atoms with Gasteiger partial charge >= 0.3 is 0 Å². The molecule has 0 spiro atoms. The van der Waals surface area contributed by atoms with E-state index in [2.05, 4.69) is 20.7 Å². The van der Waals surface area contributed by atoms with Crippen LogP contribution in [0.15, 0.2) is 22.7 Å². The molecule has 2 nitrogen and oxygen atoms in total. The first kappa shape index (κ1) is 12.5. The molecule has 0 saturated heterocycles.